The first kappa shape index (κ1) is 30.8. The molecule has 0 aromatic heterocycles. The van der Waals surface area contributed by atoms with Gasteiger partial charge in [-0.3, -0.25) is 0 Å². The van der Waals surface area contributed by atoms with Crippen LogP contribution in [0, 0.1) is 0 Å². The predicted octanol–water partition coefficient (Wildman–Crippen LogP) is 2.23. The van der Waals surface area contributed by atoms with E-state index in [9.17, 15) is 29.4 Å². The smallest absolute Gasteiger partial charge is 0.333 e. The van der Waals surface area contributed by atoms with Crippen molar-refractivity contribution in [1.82, 2.24) is 0 Å². The SMILES string of the molecule is C/C=C(/C)C(=O)OC1[C@@H](O)[C@@H](OC(=O)/C(C)=C\C)C(OC(=O)/C(C)=C\C)[C@H](OC(=O)/C(C)=C\C)[C@H]1O. The van der Waals surface area contributed by atoms with Crippen LogP contribution < -0.4 is 0 Å². The Balaban J connectivity index is 3.63. The first-order valence-corrected chi connectivity index (χ1v) is 11.6. The minimum atomic E-state index is -1.83. The van der Waals surface area contributed by atoms with Crippen molar-refractivity contribution in [3.63, 3.8) is 0 Å². The molecule has 0 radical (unpaired) electrons. The number of hydrogen-bond acceptors (Lipinski definition) is 10. The largest absolute Gasteiger partial charge is 0.453 e. The van der Waals surface area contributed by atoms with Crippen molar-refractivity contribution in [3.8, 4) is 0 Å². The van der Waals surface area contributed by atoms with Crippen molar-refractivity contribution >= 4 is 23.9 Å². The maximum Gasteiger partial charge on any atom is 0.333 e. The van der Waals surface area contributed by atoms with Crippen LogP contribution in [-0.4, -0.2) is 70.7 Å². The summed E-state index contributed by atoms with van der Waals surface area (Å²) < 4.78 is 21.7. The summed E-state index contributed by atoms with van der Waals surface area (Å²) in [5.41, 5.74) is 0.725. The van der Waals surface area contributed by atoms with Crippen LogP contribution in [0.4, 0.5) is 0 Å². The van der Waals surface area contributed by atoms with Gasteiger partial charge in [0.05, 0.1) is 0 Å². The highest BCUT2D eigenvalue weighted by atomic mass is 16.6. The van der Waals surface area contributed by atoms with E-state index in [-0.39, 0.29) is 22.3 Å². The van der Waals surface area contributed by atoms with Gasteiger partial charge in [-0.1, -0.05) is 24.3 Å². The van der Waals surface area contributed by atoms with Crippen LogP contribution in [0.2, 0.25) is 0 Å². The molecule has 0 bridgehead atoms. The molecule has 0 aromatic rings. The molecule has 0 aromatic carbocycles. The normalized spacial score (nSPS) is 27.7. The summed E-state index contributed by atoms with van der Waals surface area (Å²) in [6.07, 6.45) is -4.41. The Kier molecular flexibility index (Phi) is 11.8. The van der Waals surface area contributed by atoms with Gasteiger partial charge in [0, 0.05) is 22.3 Å². The summed E-state index contributed by atoms with van der Waals surface area (Å²) >= 11 is 0. The van der Waals surface area contributed by atoms with Gasteiger partial charge in [-0.2, -0.15) is 0 Å². The van der Waals surface area contributed by atoms with Crippen LogP contribution in [0.25, 0.3) is 0 Å². The molecule has 6 atom stereocenters. The third-order valence-corrected chi connectivity index (χ3v) is 5.99. The fourth-order valence-corrected chi connectivity index (χ4v) is 3.04. The number of esters is 4. The summed E-state index contributed by atoms with van der Waals surface area (Å²) in [5.74, 6) is -3.42. The first-order valence-electron chi connectivity index (χ1n) is 11.6. The molecule has 36 heavy (non-hydrogen) atoms. The summed E-state index contributed by atoms with van der Waals surface area (Å²) in [4.78, 5) is 50.3. The molecule has 1 fully saturated rings. The maximum atomic E-state index is 12.6. The van der Waals surface area contributed by atoms with Gasteiger partial charge in [0.1, 0.15) is 12.2 Å². The molecule has 2 unspecified atom stereocenters. The van der Waals surface area contributed by atoms with E-state index in [2.05, 4.69) is 0 Å². The highest BCUT2D eigenvalue weighted by molar-refractivity contribution is 5.90. The lowest BCUT2D eigenvalue weighted by atomic mass is 9.84. The maximum absolute atomic E-state index is 12.6. The van der Waals surface area contributed by atoms with E-state index < -0.39 is 60.5 Å². The van der Waals surface area contributed by atoms with Crippen molar-refractivity contribution in [2.45, 2.75) is 92.0 Å². The molecule has 1 rings (SSSR count). The summed E-state index contributed by atoms with van der Waals surface area (Å²) in [6, 6.07) is 0. The molecule has 10 nitrogen and oxygen atoms in total. The molecule has 0 amide bonds. The van der Waals surface area contributed by atoms with Gasteiger partial charge >= 0.3 is 23.9 Å². The number of carbonyl (C=O) groups is 4. The number of hydrogen-bond donors (Lipinski definition) is 2. The van der Waals surface area contributed by atoms with E-state index in [1.165, 1.54) is 52.0 Å². The quantitative estimate of drug-likeness (QED) is 0.284. The Labute approximate surface area is 211 Å². The molecule has 2 N–H and O–H groups in total. The van der Waals surface area contributed by atoms with Crippen LogP contribution in [0.1, 0.15) is 55.4 Å². The molecule has 1 saturated carbocycles. The van der Waals surface area contributed by atoms with Crippen LogP contribution >= 0.6 is 0 Å². The average molecular weight is 509 g/mol. The summed E-state index contributed by atoms with van der Waals surface area (Å²) in [5, 5.41) is 22.2. The Morgan fingerprint density at radius 2 is 0.694 bits per heavy atom. The zero-order valence-corrected chi connectivity index (χ0v) is 21.9. The van der Waals surface area contributed by atoms with Gasteiger partial charge in [0.25, 0.3) is 0 Å². The van der Waals surface area contributed by atoms with Crippen molar-refractivity contribution in [1.29, 1.82) is 0 Å². The number of rotatable bonds is 8. The van der Waals surface area contributed by atoms with Gasteiger partial charge in [0.2, 0.25) is 0 Å². The average Bonchev–Trinajstić information content (AvgIpc) is 2.87. The Bertz CT molecular complexity index is 925. The number of aliphatic hydroxyl groups is 2. The lowest BCUT2D eigenvalue weighted by Gasteiger charge is -2.45. The number of carbonyl (C=O) groups excluding carboxylic acids is 4. The highest BCUT2D eigenvalue weighted by Gasteiger charge is 2.57. The van der Waals surface area contributed by atoms with Gasteiger partial charge in [-0.05, 0) is 55.4 Å². The topological polar surface area (TPSA) is 146 Å². The standard InChI is InChI=1S/C26H36O10/c1-9-13(5)23(29)33-19-17(27)20(34-24(30)14(6)10-2)22(36-26(32)16(8)12-4)21(18(19)28)35-25(31)15(7)11-3/h9-12,17-22,27-28H,1-8H3/b13-9-,14-10-,15-11-,16-12-/t17-,18+,19?,20-,21-,22?/m1/s1. The van der Waals surface area contributed by atoms with E-state index >= 15 is 0 Å². The highest BCUT2D eigenvalue weighted by Crippen LogP contribution is 2.32. The number of ether oxygens (including phenoxy) is 4. The second-order valence-electron chi connectivity index (χ2n) is 8.35. The van der Waals surface area contributed by atoms with E-state index in [0.29, 0.717) is 0 Å². The van der Waals surface area contributed by atoms with Crippen molar-refractivity contribution in [2.75, 3.05) is 0 Å². The zero-order valence-electron chi connectivity index (χ0n) is 21.9. The third-order valence-electron chi connectivity index (χ3n) is 5.99. The van der Waals surface area contributed by atoms with Crippen LogP contribution in [0.5, 0.6) is 0 Å². The monoisotopic (exact) mass is 508 g/mol. The molecule has 0 heterocycles. The second-order valence-corrected chi connectivity index (χ2v) is 8.35. The predicted molar refractivity (Wildman–Crippen MR) is 129 cm³/mol. The van der Waals surface area contributed by atoms with Gasteiger partial charge in [0.15, 0.2) is 24.4 Å². The number of allylic oxidation sites excluding steroid dienone is 4. The van der Waals surface area contributed by atoms with E-state index in [1.807, 2.05) is 0 Å². The Morgan fingerprint density at radius 1 is 0.472 bits per heavy atom. The fourth-order valence-electron chi connectivity index (χ4n) is 3.04. The lowest BCUT2D eigenvalue weighted by molar-refractivity contribution is -0.249. The summed E-state index contributed by atoms with van der Waals surface area (Å²) in [7, 11) is 0. The second kappa shape index (κ2) is 13.7. The molecule has 1 aliphatic rings. The van der Waals surface area contributed by atoms with E-state index in [1.54, 1.807) is 27.7 Å². The zero-order chi connectivity index (χ0) is 27.7. The van der Waals surface area contributed by atoms with Gasteiger partial charge in [-0.25, -0.2) is 19.2 Å². The first-order chi connectivity index (χ1) is 16.8. The molecule has 0 aliphatic heterocycles. The van der Waals surface area contributed by atoms with E-state index in [4.69, 9.17) is 18.9 Å². The minimum absolute atomic E-state index is 0.180. The molecular formula is C26H36O10. The van der Waals surface area contributed by atoms with Crippen molar-refractivity contribution < 1.29 is 48.3 Å². The van der Waals surface area contributed by atoms with Crippen LogP contribution in [0.3, 0.4) is 0 Å². The molecular weight excluding hydrogens is 472 g/mol. The molecule has 200 valence electrons. The fraction of sp³-hybridized carbons (Fsp3) is 0.538. The molecule has 10 heteroatoms. The molecule has 1 aliphatic carbocycles. The van der Waals surface area contributed by atoms with E-state index in [0.717, 1.165) is 0 Å². The van der Waals surface area contributed by atoms with Crippen LogP contribution in [-0.2, 0) is 38.1 Å². The number of aliphatic hydroxyl groups excluding tert-OH is 2. The summed E-state index contributed by atoms with van der Waals surface area (Å²) in [6.45, 7) is 12.3. The van der Waals surface area contributed by atoms with Gasteiger partial charge in [-0.15, -0.1) is 0 Å². The van der Waals surface area contributed by atoms with Gasteiger partial charge < -0.3 is 29.2 Å². The Morgan fingerprint density at radius 3 is 0.944 bits per heavy atom. The third kappa shape index (κ3) is 7.38. The van der Waals surface area contributed by atoms with Crippen molar-refractivity contribution in [2.24, 2.45) is 0 Å². The Hall–Kier alpha value is -3.24. The lowest BCUT2D eigenvalue weighted by Crippen LogP contribution is -2.67. The van der Waals surface area contributed by atoms with Crippen LogP contribution in [0.15, 0.2) is 46.6 Å². The van der Waals surface area contributed by atoms with Crippen molar-refractivity contribution in [3.05, 3.63) is 46.6 Å². The molecule has 0 spiro atoms. The minimum Gasteiger partial charge on any atom is -0.453 e. The molecule has 0 saturated heterocycles.